The van der Waals surface area contributed by atoms with Gasteiger partial charge in [0.05, 0.1) is 17.9 Å². The number of hydrogen-bond acceptors (Lipinski definition) is 6. The highest BCUT2D eigenvalue weighted by Gasteiger charge is 2.34. The summed E-state index contributed by atoms with van der Waals surface area (Å²) in [6.07, 6.45) is 7.28. The molecule has 0 bridgehead atoms. The highest BCUT2D eigenvalue weighted by Crippen LogP contribution is 2.32. The van der Waals surface area contributed by atoms with Crippen LogP contribution in [-0.4, -0.2) is 41.4 Å². The molecule has 1 saturated carbocycles. The summed E-state index contributed by atoms with van der Waals surface area (Å²) in [7, 11) is -1.36. The summed E-state index contributed by atoms with van der Waals surface area (Å²) in [5.41, 5.74) is 4.37. The van der Waals surface area contributed by atoms with Crippen LogP contribution in [-0.2, 0) is 21.3 Å². The first-order valence-electron chi connectivity index (χ1n) is 9.71. The largest absolute Gasteiger partial charge is 0.474 e. The first-order valence-corrected chi connectivity index (χ1v) is 11.5. The van der Waals surface area contributed by atoms with Crippen LogP contribution in [0.2, 0.25) is 0 Å². The summed E-state index contributed by atoms with van der Waals surface area (Å²) < 4.78 is 35.2. The first kappa shape index (κ1) is 19.0. The molecule has 7 nitrogen and oxygen atoms in total. The summed E-state index contributed by atoms with van der Waals surface area (Å²) in [6, 6.07) is 12.2. The summed E-state index contributed by atoms with van der Waals surface area (Å²) >= 11 is 0. The normalized spacial score (nSPS) is 19.1. The van der Waals surface area contributed by atoms with Crippen molar-refractivity contribution in [3.8, 4) is 17.0 Å². The van der Waals surface area contributed by atoms with E-state index in [2.05, 4.69) is 39.8 Å². The Kier molecular flexibility index (Phi) is 4.48. The van der Waals surface area contributed by atoms with Crippen LogP contribution in [0.15, 0.2) is 55.0 Å². The summed E-state index contributed by atoms with van der Waals surface area (Å²) in [5, 5.41) is 2.31. The summed E-state index contributed by atoms with van der Waals surface area (Å²) in [5.74, 6) is 0.526. The van der Waals surface area contributed by atoms with Gasteiger partial charge < -0.3 is 9.30 Å². The van der Waals surface area contributed by atoms with Crippen LogP contribution in [0.1, 0.15) is 12.8 Å². The zero-order valence-corrected chi connectivity index (χ0v) is 17.5. The van der Waals surface area contributed by atoms with Gasteiger partial charge >= 0.3 is 0 Å². The van der Waals surface area contributed by atoms with Gasteiger partial charge in [-0.2, -0.15) is 8.42 Å². The van der Waals surface area contributed by atoms with Gasteiger partial charge in [-0.25, -0.2) is 4.98 Å². The molecule has 1 aromatic carbocycles. The minimum atomic E-state index is -3.42. The molecule has 0 N–H and O–H groups in total. The lowest BCUT2D eigenvalue weighted by Gasteiger charge is -2.33. The third-order valence-corrected chi connectivity index (χ3v) is 6.15. The van der Waals surface area contributed by atoms with Crippen molar-refractivity contribution in [2.24, 2.45) is 7.05 Å². The smallest absolute Gasteiger partial charge is 0.264 e. The van der Waals surface area contributed by atoms with E-state index in [4.69, 9.17) is 8.92 Å². The zero-order valence-electron chi connectivity index (χ0n) is 16.6. The van der Waals surface area contributed by atoms with Gasteiger partial charge in [0.2, 0.25) is 5.88 Å². The van der Waals surface area contributed by atoms with Crippen molar-refractivity contribution in [3.63, 3.8) is 0 Å². The topological polar surface area (TPSA) is 83.3 Å². The highest BCUT2D eigenvalue weighted by molar-refractivity contribution is 7.86. The summed E-state index contributed by atoms with van der Waals surface area (Å²) in [4.78, 5) is 8.67. The Hall–Kier alpha value is -2.97. The number of nitrogens with zero attached hydrogens (tertiary/aromatic N) is 3. The minimum absolute atomic E-state index is 0.0733. The average molecular weight is 423 g/mol. The third kappa shape index (κ3) is 3.53. The van der Waals surface area contributed by atoms with Crippen LogP contribution in [0.4, 0.5) is 0 Å². The molecule has 1 fully saturated rings. The number of ether oxygens (including phenoxy) is 1. The van der Waals surface area contributed by atoms with Crippen LogP contribution >= 0.6 is 0 Å². The van der Waals surface area contributed by atoms with Gasteiger partial charge in [0.15, 0.2) is 0 Å². The Labute approximate surface area is 174 Å². The Morgan fingerprint density at radius 2 is 1.77 bits per heavy atom. The van der Waals surface area contributed by atoms with Crippen LogP contribution in [0.3, 0.4) is 0 Å². The molecule has 0 spiro atoms. The van der Waals surface area contributed by atoms with Crippen molar-refractivity contribution in [3.05, 3.63) is 55.0 Å². The maximum absolute atomic E-state index is 11.1. The van der Waals surface area contributed by atoms with Crippen LogP contribution < -0.4 is 4.74 Å². The molecule has 0 atom stereocenters. The standard InChI is InChI=1S/C22H21N3O4S/c1-25-20-7-8-23-13-19(20)18-5-3-14(9-21(18)25)15-4-6-22(24-12-15)28-16-10-17(11-16)29-30(2,26)27/h3-9,12-13,16-17H,10-11H2,1-2H3. The fourth-order valence-electron chi connectivity index (χ4n) is 3.96. The minimum Gasteiger partial charge on any atom is -0.474 e. The van der Waals surface area contributed by atoms with E-state index in [0.717, 1.165) is 33.8 Å². The maximum atomic E-state index is 11.1. The lowest BCUT2D eigenvalue weighted by Crippen LogP contribution is -2.40. The summed E-state index contributed by atoms with van der Waals surface area (Å²) in [6.45, 7) is 0. The molecular weight excluding hydrogens is 402 g/mol. The molecule has 3 heterocycles. The quantitative estimate of drug-likeness (QED) is 0.456. The number of hydrogen-bond donors (Lipinski definition) is 0. The van der Waals surface area contributed by atoms with E-state index in [1.807, 2.05) is 30.6 Å². The Morgan fingerprint density at radius 1 is 0.967 bits per heavy atom. The molecule has 1 aliphatic carbocycles. The lowest BCUT2D eigenvalue weighted by atomic mass is 9.92. The second kappa shape index (κ2) is 7.07. The zero-order chi connectivity index (χ0) is 20.9. The Bertz CT molecular complexity index is 1340. The molecular formula is C22H21N3O4S. The van der Waals surface area contributed by atoms with E-state index < -0.39 is 10.1 Å². The van der Waals surface area contributed by atoms with Gasteiger partial charge in [0.1, 0.15) is 6.10 Å². The van der Waals surface area contributed by atoms with Crippen LogP contribution in [0, 0.1) is 0 Å². The van der Waals surface area contributed by atoms with Crippen molar-refractivity contribution >= 4 is 31.9 Å². The number of rotatable bonds is 5. The second-order valence-corrected chi connectivity index (χ2v) is 9.30. The van der Waals surface area contributed by atoms with Crippen LogP contribution in [0.25, 0.3) is 32.9 Å². The monoisotopic (exact) mass is 423 g/mol. The van der Waals surface area contributed by atoms with Crippen LogP contribution in [0.5, 0.6) is 5.88 Å². The fourth-order valence-corrected chi connectivity index (χ4v) is 4.62. The maximum Gasteiger partial charge on any atom is 0.264 e. The molecule has 8 heteroatoms. The van der Waals surface area contributed by atoms with Crippen molar-refractivity contribution in [2.45, 2.75) is 25.0 Å². The molecule has 0 amide bonds. The molecule has 0 saturated heterocycles. The van der Waals surface area contributed by atoms with Gasteiger partial charge in [0, 0.05) is 66.4 Å². The van der Waals surface area contributed by atoms with E-state index in [1.165, 1.54) is 5.39 Å². The van der Waals surface area contributed by atoms with Gasteiger partial charge in [-0.1, -0.05) is 12.1 Å². The molecule has 30 heavy (non-hydrogen) atoms. The van der Waals surface area contributed by atoms with Gasteiger partial charge in [-0.05, 0) is 23.8 Å². The third-order valence-electron chi connectivity index (χ3n) is 5.53. The highest BCUT2D eigenvalue weighted by atomic mass is 32.2. The predicted molar refractivity (Wildman–Crippen MR) is 115 cm³/mol. The molecule has 0 radical (unpaired) electrons. The second-order valence-electron chi connectivity index (χ2n) is 7.70. The number of aromatic nitrogens is 3. The molecule has 3 aromatic heterocycles. The number of benzene rings is 1. The number of pyridine rings is 2. The number of aryl methyl sites for hydroxylation is 1. The fraction of sp³-hybridized carbons (Fsp3) is 0.273. The molecule has 0 unspecified atom stereocenters. The van der Waals surface area contributed by atoms with Crippen molar-refractivity contribution in [1.82, 2.24) is 14.5 Å². The number of fused-ring (bicyclic) bond motifs is 3. The van der Waals surface area contributed by atoms with E-state index >= 15 is 0 Å². The van der Waals surface area contributed by atoms with E-state index in [0.29, 0.717) is 18.7 Å². The molecule has 4 aromatic rings. The van der Waals surface area contributed by atoms with E-state index in [9.17, 15) is 8.42 Å². The first-order chi connectivity index (χ1) is 14.4. The Morgan fingerprint density at radius 3 is 2.50 bits per heavy atom. The molecule has 154 valence electrons. The lowest BCUT2D eigenvalue weighted by molar-refractivity contribution is 0.00647. The van der Waals surface area contributed by atoms with Gasteiger partial charge in [-0.15, -0.1) is 0 Å². The molecule has 1 aliphatic rings. The molecule has 5 rings (SSSR count). The average Bonchev–Trinajstić information content (AvgIpc) is 2.98. The predicted octanol–water partition coefficient (Wildman–Crippen LogP) is 3.67. The van der Waals surface area contributed by atoms with Gasteiger partial charge in [-0.3, -0.25) is 9.17 Å². The van der Waals surface area contributed by atoms with Crippen molar-refractivity contribution in [1.29, 1.82) is 0 Å². The van der Waals surface area contributed by atoms with Gasteiger partial charge in [0.25, 0.3) is 10.1 Å². The Balaban J connectivity index is 1.33. The molecule has 0 aliphatic heterocycles. The van der Waals surface area contributed by atoms with Crippen molar-refractivity contribution in [2.75, 3.05) is 6.26 Å². The van der Waals surface area contributed by atoms with E-state index in [1.54, 1.807) is 6.20 Å². The van der Waals surface area contributed by atoms with Crippen molar-refractivity contribution < 1.29 is 17.3 Å². The van der Waals surface area contributed by atoms with E-state index in [-0.39, 0.29) is 12.2 Å². The SMILES string of the molecule is Cn1c2ccncc2c2ccc(-c3ccc(OC4CC(OS(C)(=O)=O)C4)nc3)cc21.